The molecule has 0 saturated carbocycles. The van der Waals surface area contributed by atoms with Gasteiger partial charge in [0.25, 0.3) is 5.91 Å². The zero-order valence-electron chi connectivity index (χ0n) is 18.2. The molecular formula is C23H24N8O. The lowest BCUT2D eigenvalue weighted by Crippen LogP contribution is -2.57. The maximum absolute atomic E-state index is 12.7. The number of carbonyl (C=O) groups is 1. The number of nitrogens with zero attached hydrogens (tertiary/aromatic N) is 7. The molecule has 0 atom stereocenters. The van der Waals surface area contributed by atoms with Gasteiger partial charge in [0.15, 0.2) is 0 Å². The maximum atomic E-state index is 12.7. The summed E-state index contributed by atoms with van der Waals surface area (Å²) in [4.78, 5) is 30.6. The molecule has 1 amide bonds. The molecule has 5 heterocycles. The quantitative estimate of drug-likeness (QED) is 0.522. The summed E-state index contributed by atoms with van der Waals surface area (Å²) in [6.07, 6.45) is 8.78. The third kappa shape index (κ3) is 3.78. The van der Waals surface area contributed by atoms with E-state index in [1.807, 2.05) is 31.6 Å². The second kappa shape index (κ2) is 8.01. The average Bonchev–Trinajstić information content (AvgIpc) is 3.19. The highest BCUT2D eigenvalue weighted by Gasteiger charge is 2.31. The molecule has 4 aromatic heterocycles. The number of likely N-dealkylation sites (N-methyl/N-ethyl adjacent to an activating group) is 1. The summed E-state index contributed by atoms with van der Waals surface area (Å²) in [5, 5.41) is 9.10. The van der Waals surface area contributed by atoms with E-state index in [2.05, 4.69) is 44.3 Å². The molecule has 5 rings (SSSR count). The largest absolute Gasteiger partial charge is 0.353 e. The lowest BCUT2D eigenvalue weighted by Gasteiger charge is -2.44. The van der Waals surface area contributed by atoms with Crippen molar-refractivity contribution in [3.63, 3.8) is 0 Å². The third-order valence-electron chi connectivity index (χ3n) is 5.77. The minimum absolute atomic E-state index is 0.221. The van der Waals surface area contributed by atoms with Crippen LogP contribution in [0.15, 0.2) is 55.2 Å². The number of fused-ring (bicyclic) bond motifs is 1. The molecule has 1 saturated heterocycles. The Morgan fingerprint density at radius 3 is 2.62 bits per heavy atom. The van der Waals surface area contributed by atoms with Crippen LogP contribution in [0.2, 0.25) is 0 Å². The number of pyridine rings is 3. The van der Waals surface area contributed by atoms with Gasteiger partial charge >= 0.3 is 0 Å². The number of hydrogen-bond donors (Lipinski definition) is 1. The lowest BCUT2D eigenvalue weighted by atomic mass is 10.1. The molecule has 0 aliphatic carbocycles. The first-order valence-corrected chi connectivity index (χ1v) is 10.4. The average molecular weight is 429 g/mol. The van der Waals surface area contributed by atoms with Crippen LogP contribution in [0.5, 0.6) is 0 Å². The molecule has 1 aliphatic heterocycles. The molecule has 1 fully saturated rings. The highest BCUT2D eigenvalue weighted by atomic mass is 16.1. The molecule has 0 unspecified atom stereocenters. The van der Waals surface area contributed by atoms with E-state index in [0.29, 0.717) is 17.4 Å². The van der Waals surface area contributed by atoms with Gasteiger partial charge in [0.2, 0.25) is 0 Å². The zero-order valence-corrected chi connectivity index (χ0v) is 18.2. The van der Waals surface area contributed by atoms with Gasteiger partial charge in [0.05, 0.1) is 11.9 Å². The Balaban J connectivity index is 1.54. The Kier molecular flexibility index (Phi) is 5.02. The molecule has 162 valence electrons. The van der Waals surface area contributed by atoms with Crippen molar-refractivity contribution in [3.8, 4) is 11.3 Å². The maximum Gasteiger partial charge on any atom is 0.256 e. The monoisotopic (exact) mass is 428 g/mol. The van der Waals surface area contributed by atoms with Crippen molar-refractivity contribution in [1.29, 1.82) is 0 Å². The van der Waals surface area contributed by atoms with Crippen LogP contribution >= 0.6 is 0 Å². The summed E-state index contributed by atoms with van der Waals surface area (Å²) in [5.41, 5.74) is 2.29. The van der Waals surface area contributed by atoms with E-state index in [1.165, 1.54) is 0 Å². The number of anilines is 2. The van der Waals surface area contributed by atoms with Crippen LogP contribution in [0, 0.1) is 0 Å². The standard InChI is InChI=1S/C23H24N8O/c1-29(2)18-13-31(14-18)22-19-11-25-20(17-10-26-30(3)12-17)8-16(19)9-21(27-22)28-23(32)15-4-6-24-7-5-15/h4-12,18H,13-14H2,1-3H3,(H,27,28,32). The smallest absolute Gasteiger partial charge is 0.256 e. The number of aromatic nitrogens is 5. The van der Waals surface area contributed by atoms with E-state index in [9.17, 15) is 4.79 Å². The van der Waals surface area contributed by atoms with Crippen molar-refractivity contribution in [2.75, 3.05) is 37.4 Å². The molecule has 9 heteroatoms. The van der Waals surface area contributed by atoms with Crippen LogP contribution in [0.4, 0.5) is 11.6 Å². The molecule has 1 aliphatic rings. The Morgan fingerprint density at radius 1 is 1.16 bits per heavy atom. The molecule has 1 N–H and O–H groups in total. The Bertz CT molecular complexity index is 1280. The Labute approximate surface area is 185 Å². The van der Waals surface area contributed by atoms with E-state index in [1.54, 1.807) is 35.4 Å². The highest BCUT2D eigenvalue weighted by Crippen LogP contribution is 2.33. The first kappa shape index (κ1) is 20.1. The predicted octanol–water partition coefficient (Wildman–Crippen LogP) is 2.43. The van der Waals surface area contributed by atoms with Crippen molar-refractivity contribution in [3.05, 3.63) is 60.8 Å². The van der Waals surface area contributed by atoms with Gasteiger partial charge in [-0.15, -0.1) is 0 Å². The van der Waals surface area contributed by atoms with E-state index < -0.39 is 0 Å². The minimum Gasteiger partial charge on any atom is -0.353 e. The number of amides is 1. The zero-order chi connectivity index (χ0) is 22.2. The molecular weight excluding hydrogens is 404 g/mol. The van der Waals surface area contributed by atoms with Crippen molar-refractivity contribution < 1.29 is 4.79 Å². The number of aryl methyl sites for hydroxylation is 1. The second-order valence-corrected chi connectivity index (χ2v) is 8.24. The van der Waals surface area contributed by atoms with Crippen molar-refractivity contribution in [2.24, 2.45) is 7.05 Å². The normalized spacial score (nSPS) is 14.1. The van der Waals surface area contributed by atoms with Crippen LogP contribution in [0.25, 0.3) is 22.0 Å². The van der Waals surface area contributed by atoms with Crippen LogP contribution < -0.4 is 10.2 Å². The molecule has 0 radical (unpaired) electrons. The van der Waals surface area contributed by atoms with E-state index in [4.69, 9.17) is 4.98 Å². The second-order valence-electron chi connectivity index (χ2n) is 8.24. The molecule has 0 bridgehead atoms. The topological polar surface area (TPSA) is 92.1 Å². The first-order valence-electron chi connectivity index (χ1n) is 10.4. The van der Waals surface area contributed by atoms with Gasteiger partial charge in [-0.2, -0.15) is 5.10 Å². The fraction of sp³-hybridized carbons (Fsp3) is 0.261. The van der Waals surface area contributed by atoms with Crippen LogP contribution in [-0.4, -0.2) is 68.8 Å². The van der Waals surface area contributed by atoms with Gasteiger partial charge in [-0.1, -0.05) is 0 Å². The minimum atomic E-state index is -0.221. The number of nitrogens with one attached hydrogen (secondary N) is 1. The van der Waals surface area contributed by atoms with Crippen LogP contribution in [0.1, 0.15) is 10.4 Å². The summed E-state index contributed by atoms with van der Waals surface area (Å²) in [7, 11) is 6.05. The van der Waals surface area contributed by atoms with Crippen molar-refractivity contribution in [2.45, 2.75) is 6.04 Å². The van der Waals surface area contributed by atoms with Gasteiger partial charge in [-0.25, -0.2) is 4.98 Å². The summed E-state index contributed by atoms with van der Waals surface area (Å²) < 4.78 is 1.75. The van der Waals surface area contributed by atoms with E-state index >= 15 is 0 Å². The summed E-state index contributed by atoms with van der Waals surface area (Å²) in [5.74, 6) is 1.11. The molecule has 0 spiro atoms. The molecule has 9 nitrogen and oxygen atoms in total. The number of rotatable bonds is 5. The van der Waals surface area contributed by atoms with Crippen molar-refractivity contribution >= 4 is 28.3 Å². The fourth-order valence-corrected chi connectivity index (χ4v) is 3.79. The SMILES string of the molecule is CN(C)C1CN(c2nc(NC(=O)c3ccncc3)cc3cc(-c4cnn(C)c4)ncc23)C1. The molecule has 32 heavy (non-hydrogen) atoms. The first-order chi connectivity index (χ1) is 15.5. The molecule has 0 aromatic carbocycles. The van der Waals surface area contributed by atoms with Gasteiger partial charge in [0, 0.05) is 67.5 Å². The van der Waals surface area contributed by atoms with Gasteiger partial charge in [0.1, 0.15) is 11.6 Å². The Hall–Kier alpha value is -3.85. The van der Waals surface area contributed by atoms with E-state index in [-0.39, 0.29) is 5.91 Å². The third-order valence-corrected chi connectivity index (χ3v) is 5.77. The van der Waals surface area contributed by atoms with Crippen molar-refractivity contribution in [1.82, 2.24) is 29.6 Å². The lowest BCUT2D eigenvalue weighted by molar-refractivity contribution is 0.102. The predicted molar refractivity (Wildman–Crippen MR) is 124 cm³/mol. The fourth-order valence-electron chi connectivity index (χ4n) is 3.79. The summed E-state index contributed by atoms with van der Waals surface area (Å²) >= 11 is 0. The Morgan fingerprint density at radius 2 is 1.94 bits per heavy atom. The van der Waals surface area contributed by atoms with Gasteiger partial charge in [-0.3, -0.25) is 19.4 Å². The van der Waals surface area contributed by atoms with Gasteiger partial charge in [-0.05, 0) is 43.7 Å². The number of carbonyl (C=O) groups excluding carboxylic acids is 1. The summed E-state index contributed by atoms with van der Waals surface area (Å²) in [6, 6.07) is 7.74. The number of hydrogen-bond acceptors (Lipinski definition) is 7. The van der Waals surface area contributed by atoms with Gasteiger partial charge < -0.3 is 15.1 Å². The highest BCUT2D eigenvalue weighted by molar-refractivity contribution is 6.05. The molecule has 4 aromatic rings. The summed E-state index contributed by atoms with van der Waals surface area (Å²) in [6.45, 7) is 1.75. The van der Waals surface area contributed by atoms with E-state index in [0.717, 1.165) is 40.9 Å². The van der Waals surface area contributed by atoms with Crippen LogP contribution in [-0.2, 0) is 7.05 Å². The van der Waals surface area contributed by atoms with Crippen LogP contribution in [0.3, 0.4) is 0 Å².